The van der Waals surface area contributed by atoms with Crippen LogP contribution in [-0.2, 0) is 4.74 Å². The number of hydrogen-bond donors (Lipinski definition) is 1. The maximum Gasteiger partial charge on any atom is 0.277 e. The van der Waals surface area contributed by atoms with Crippen molar-refractivity contribution in [3.05, 3.63) is 45.6 Å². The van der Waals surface area contributed by atoms with Gasteiger partial charge in [-0.15, -0.1) is 0 Å². The number of morpholine rings is 1. The first-order valence-corrected chi connectivity index (χ1v) is 7.40. The molecule has 3 rings (SSSR count). The molecule has 24 heavy (non-hydrogen) atoms. The van der Waals surface area contributed by atoms with Crippen molar-refractivity contribution in [1.29, 1.82) is 0 Å². The highest BCUT2D eigenvalue weighted by atomic mass is 16.6. The molecule has 9 nitrogen and oxygen atoms in total. The molecule has 0 saturated carbocycles. The van der Waals surface area contributed by atoms with E-state index < -0.39 is 10.8 Å². The van der Waals surface area contributed by atoms with Crippen molar-refractivity contribution in [2.45, 2.75) is 6.92 Å². The molecule has 0 unspecified atom stereocenters. The van der Waals surface area contributed by atoms with E-state index in [4.69, 9.17) is 9.26 Å². The highest BCUT2D eigenvalue weighted by Gasteiger charge is 2.20. The van der Waals surface area contributed by atoms with Crippen molar-refractivity contribution in [2.24, 2.45) is 0 Å². The van der Waals surface area contributed by atoms with E-state index in [9.17, 15) is 14.9 Å². The first-order chi connectivity index (χ1) is 11.5. The predicted molar refractivity (Wildman–Crippen MR) is 85.3 cm³/mol. The maximum atomic E-state index is 12.3. The van der Waals surface area contributed by atoms with Gasteiger partial charge in [0.15, 0.2) is 5.69 Å². The third-order valence-electron chi connectivity index (χ3n) is 3.73. The fourth-order valence-electron chi connectivity index (χ4n) is 2.35. The second-order valence-corrected chi connectivity index (χ2v) is 5.36. The zero-order valence-electron chi connectivity index (χ0n) is 13.0. The van der Waals surface area contributed by atoms with E-state index in [-0.39, 0.29) is 11.4 Å². The van der Waals surface area contributed by atoms with E-state index in [1.165, 1.54) is 12.1 Å². The van der Waals surface area contributed by atoms with E-state index in [1.54, 1.807) is 19.1 Å². The SMILES string of the molecule is Cc1ccc([N+](=O)[O-])cc1NC(=O)c1cc(N2CCOCC2)on1. The Morgan fingerprint density at radius 3 is 2.79 bits per heavy atom. The lowest BCUT2D eigenvalue weighted by molar-refractivity contribution is -0.384. The topological polar surface area (TPSA) is 111 Å². The molecule has 1 aromatic carbocycles. The van der Waals surface area contributed by atoms with Gasteiger partial charge < -0.3 is 19.5 Å². The van der Waals surface area contributed by atoms with Crippen LogP contribution in [0.4, 0.5) is 17.3 Å². The van der Waals surface area contributed by atoms with Gasteiger partial charge in [0.05, 0.1) is 23.8 Å². The van der Waals surface area contributed by atoms with Gasteiger partial charge in [-0.1, -0.05) is 11.2 Å². The van der Waals surface area contributed by atoms with Crippen LogP contribution in [0, 0.1) is 17.0 Å². The van der Waals surface area contributed by atoms with E-state index in [0.29, 0.717) is 43.4 Å². The van der Waals surface area contributed by atoms with Crippen LogP contribution in [0.15, 0.2) is 28.8 Å². The quantitative estimate of drug-likeness (QED) is 0.673. The fraction of sp³-hybridized carbons (Fsp3) is 0.333. The summed E-state index contributed by atoms with van der Waals surface area (Å²) in [4.78, 5) is 24.6. The Kier molecular flexibility index (Phi) is 4.43. The first kappa shape index (κ1) is 15.9. The first-order valence-electron chi connectivity index (χ1n) is 7.40. The number of nitrogens with one attached hydrogen (secondary N) is 1. The lowest BCUT2D eigenvalue weighted by Gasteiger charge is -2.25. The number of nitrogens with zero attached hydrogens (tertiary/aromatic N) is 3. The van der Waals surface area contributed by atoms with Gasteiger partial charge in [0, 0.05) is 31.3 Å². The number of carbonyl (C=O) groups excluding carboxylic acids is 1. The summed E-state index contributed by atoms with van der Waals surface area (Å²) in [5, 5.41) is 17.2. The van der Waals surface area contributed by atoms with Crippen molar-refractivity contribution in [3.8, 4) is 0 Å². The third-order valence-corrected chi connectivity index (χ3v) is 3.73. The Balaban J connectivity index is 1.74. The van der Waals surface area contributed by atoms with Crippen LogP contribution < -0.4 is 10.2 Å². The molecular weight excluding hydrogens is 316 g/mol. The number of hydrogen-bond acceptors (Lipinski definition) is 7. The molecule has 126 valence electrons. The molecular formula is C15H16N4O5. The van der Waals surface area contributed by atoms with Gasteiger partial charge in [0.25, 0.3) is 11.6 Å². The standard InChI is InChI=1S/C15H16N4O5/c1-10-2-3-11(19(21)22)8-12(10)16-15(20)13-9-14(24-17-13)18-4-6-23-7-5-18/h2-3,8-9H,4-7H2,1H3,(H,16,20). The summed E-state index contributed by atoms with van der Waals surface area (Å²) < 4.78 is 10.5. The van der Waals surface area contributed by atoms with Gasteiger partial charge in [0.2, 0.25) is 5.88 Å². The molecule has 1 N–H and O–H groups in total. The molecule has 1 amide bonds. The predicted octanol–water partition coefficient (Wildman–Crippen LogP) is 1.98. The molecule has 1 aliphatic rings. The number of aryl methyl sites for hydroxylation is 1. The number of ether oxygens (including phenoxy) is 1. The van der Waals surface area contributed by atoms with Gasteiger partial charge in [-0.05, 0) is 12.5 Å². The lowest BCUT2D eigenvalue weighted by Crippen LogP contribution is -2.35. The second-order valence-electron chi connectivity index (χ2n) is 5.36. The summed E-state index contributed by atoms with van der Waals surface area (Å²) in [5.74, 6) is 0.0149. The van der Waals surface area contributed by atoms with Crippen LogP contribution in [0.2, 0.25) is 0 Å². The molecule has 2 heterocycles. The highest BCUT2D eigenvalue weighted by molar-refractivity contribution is 6.03. The van der Waals surface area contributed by atoms with Crippen LogP contribution in [0.25, 0.3) is 0 Å². The van der Waals surface area contributed by atoms with Crippen LogP contribution in [0.5, 0.6) is 0 Å². The molecule has 1 aromatic heterocycles. The van der Waals surface area contributed by atoms with Crippen molar-refractivity contribution in [1.82, 2.24) is 5.16 Å². The van der Waals surface area contributed by atoms with Crippen LogP contribution >= 0.6 is 0 Å². The summed E-state index contributed by atoms with van der Waals surface area (Å²) >= 11 is 0. The zero-order chi connectivity index (χ0) is 17.1. The molecule has 0 bridgehead atoms. The normalized spacial score (nSPS) is 14.5. The average molecular weight is 332 g/mol. The molecule has 1 aliphatic heterocycles. The average Bonchev–Trinajstić information content (AvgIpc) is 3.07. The van der Waals surface area contributed by atoms with Gasteiger partial charge in [-0.3, -0.25) is 14.9 Å². The van der Waals surface area contributed by atoms with Crippen molar-refractivity contribution < 1.29 is 19.0 Å². The number of carbonyl (C=O) groups is 1. The van der Waals surface area contributed by atoms with Crippen LogP contribution in [-0.4, -0.2) is 42.3 Å². The summed E-state index contributed by atoms with van der Waals surface area (Å²) in [7, 11) is 0. The Bertz CT molecular complexity index is 767. The number of nitro groups is 1. The largest absolute Gasteiger partial charge is 0.378 e. The van der Waals surface area contributed by atoms with Crippen LogP contribution in [0.3, 0.4) is 0 Å². The number of benzene rings is 1. The Hall–Kier alpha value is -2.94. The molecule has 9 heteroatoms. The number of nitro benzene ring substituents is 1. The van der Waals surface area contributed by atoms with E-state index in [2.05, 4.69) is 10.5 Å². The van der Waals surface area contributed by atoms with Crippen molar-refractivity contribution in [3.63, 3.8) is 0 Å². The van der Waals surface area contributed by atoms with E-state index in [1.807, 2.05) is 4.90 Å². The summed E-state index contributed by atoms with van der Waals surface area (Å²) in [5.41, 5.74) is 1.10. The lowest BCUT2D eigenvalue weighted by atomic mass is 10.2. The molecule has 1 fully saturated rings. The minimum absolute atomic E-state index is 0.0925. The minimum atomic E-state index is -0.512. The summed E-state index contributed by atoms with van der Waals surface area (Å²) in [6, 6.07) is 5.83. The maximum absolute atomic E-state index is 12.3. The number of anilines is 2. The number of aromatic nitrogens is 1. The monoisotopic (exact) mass is 332 g/mol. The summed E-state index contributed by atoms with van der Waals surface area (Å²) in [6.45, 7) is 4.27. The van der Waals surface area contributed by atoms with Gasteiger partial charge >= 0.3 is 0 Å². The molecule has 1 saturated heterocycles. The molecule has 0 aliphatic carbocycles. The van der Waals surface area contributed by atoms with E-state index in [0.717, 1.165) is 0 Å². The summed E-state index contributed by atoms with van der Waals surface area (Å²) in [6.07, 6.45) is 0. The van der Waals surface area contributed by atoms with Gasteiger partial charge in [0.1, 0.15) is 0 Å². The Morgan fingerprint density at radius 1 is 1.33 bits per heavy atom. The number of amides is 1. The number of rotatable bonds is 4. The number of non-ortho nitro benzene ring substituents is 1. The minimum Gasteiger partial charge on any atom is -0.378 e. The van der Waals surface area contributed by atoms with Crippen LogP contribution in [0.1, 0.15) is 16.1 Å². The van der Waals surface area contributed by atoms with E-state index >= 15 is 0 Å². The Labute approximate surface area is 137 Å². The molecule has 2 aromatic rings. The van der Waals surface area contributed by atoms with Gasteiger partial charge in [-0.25, -0.2) is 0 Å². The smallest absolute Gasteiger partial charge is 0.277 e. The zero-order valence-corrected chi connectivity index (χ0v) is 13.0. The van der Waals surface area contributed by atoms with Crippen molar-refractivity contribution >= 4 is 23.2 Å². The second kappa shape index (κ2) is 6.67. The van der Waals surface area contributed by atoms with Crippen molar-refractivity contribution in [2.75, 3.05) is 36.5 Å². The molecule has 0 radical (unpaired) electrons. The third kappa shape index (κ3) is 3.35. The Morgan fingerprint density at radius 2 is 2.08 bits per heavy atom. The highest BCUT2D eigenvalue weighted by Crippen LogP contribution is 2.23. The molecule has 0 spiro atoms. The van der Waals surface area contributed by atoms with Gasteiger partial charge in [-0.2, -0.15) is 0 Å². The molecule has 0 atom stereocenters. The fourth-order valence-corrected chi connectivity index (χ4v) is 2.35.